The van der Waals surface area contributed by atoms with Crippen LogP contribution < -0.4 is 15.4 Å². The summed E-state index contributed by atoms with van der Waals surface area (Å²) in [4.78, 5) is 16.4. The van der Waals surface area contributed by atoms with Crippen molar-refractivity contribution >= 4 is 22.5 Å². The predicted molar refractivity (Wildman–Crippen MR) is 117 cm³/mol. The molecule has 1 saturated carbocycles. The molecule has 0 spiro atoms. The molecule has 0 aliphatic heterocycles. The number of fused-ring (bicyclic) bond motifs is 1. The number of benzene rings is 2. The van der Waals surface area contributed by atoms with Crippen molar-refractivity contribution in [3.8, 4) is 5.75 Å². The number of hydrogen-bond donors (Lipinski definition) is 2. The molecular weight excluding hydrogens is 419 g/mol. The van der Waals surface area contributed by atoms with Crippen molar-refractivity contribution in [2.45, 2.75) is 43.9 Å². The van der Waals surface area contributed by atoms with Gasteiger partial charge in [0.25, 0.3) is 5.91 Å². The Morgan fingerprint density at radius 2 is 1.84 bits per heavy atom. The number of para-hydroxylation sites is 1. The summed E-state index contributed by atoms with van der Waals surface area (Å²) >= 11 is 0. The van der Waals surface area contributed by atoms with E-state index in [0.717, 1.165) is 25.3 Å². The fourth-order valence-corrected chi connectivity index (χ4v) is 4.14. The van der Waals surface area contributed by atoms with Gasteiger partial charge >= 0.3 is 6.18 Å². The Morgan fingerprint density at radius 1 is 1.06 bits per heavy atom. The zero-order chi connectivity index (χ0) is 22.7. The maximum atomic E-state index is 13.3. The van der Waals surface area contributed by atoms with E-state index in [4.69, 9.17) is 4.74 Å². The third-order valence-electron chi connectivity index (χ3n) is 5.71. The van der Waals surface area contributed by atoms with E-state index >= 15 is 0 Å². The molecule has 1 fully saturated rings. The standard InChI is InChI=1S/C24H24F3N3O2/c1-32-18-9-4-6-15(12-18)23(31)29-17-8-5-7-16(13-17)28-21-14-22(24(25,26)27)30-20-11-3-2-10-19(20)21/h2-4,6,9-12,14,16-17H,5,7-8,13H2,1H3,(H,28,30)(H,29,31)/t16-,17+/m0/s1. The molecule has 8 heteroatoms. The molecule has 1 aromatic heterocycles. The van der Waals surface area contributed by atoms with Crippen LogP contribution in [0.2, 0.25) is 0 Å². The summed E-state index contributed by atoms with van der Waals surface area (Å²) in [5.74, 6) is 0.411. The van der Waals surface area contributed by atoms with E-state index in [0.29, 0.717) is 34.3 Å². The van der Waals surface area contributed by atoms with Crippen LogP contribution in [0.25, 0.3) is 10.9 Å². The van der Waals surface area contributed by atoms with E-state index in [1.54, 1.807) is 55.6 Å². The monoisotopic (exact) mass is 443 g/mol. The lowest BCUT2D eigenvalue weighted by Crippen LogP contribution is -2.41. The molecule has 1 aliphatic rings. The Morgan fingerprint density at radius 3 is 2.62 bits per heavy atom. The molecule has 168 valence electrons. The minimum Gasteiger partial charge on any atom is -0.497 e. The van der Waals surface area contributed by atoms with E-state index in [2.05, 4.69) is 15.6 Å². The van der Waals surface area contributed by atoms with Crippen molar-refractivity contribution in [2.24, 2.45) is 0 Å². The van der Waals surface area contributed by atoms with Crippen LogP contribution in [0.15, 0.2) is 54.6 Å². The summed E-state index contributed by atoms with van der Waals surface area (Å²) in [5, 5.41) is 6.98. The van der Waals surface area contributed by atoms with Crippen molar-refractivity contribution in [2.75, 3.05) is 12.4 Å². The molecule has 1 aliphatic carbocycles. The lowest BCUT2D eigenvalue weighted by atomic mass is 9.90. The number of methoxy groups -OCH3 is 1. The van der Waals surface area contributed by atoms with Crippen LogP contribution in [0.5, 0.6) is 5.75 Å². The van der Waals surface area contributed by atoms with Crippen LogP contribution >= 0.6 is 0 Å². The molecular formula is C24H24F3N3O2. The first-order valence-electron chi connectivity index (χ1n) is 10.5. The zero-order valence-electron chi connectivity index (χ0n) is 17.6. The van der Waals surface area contributed by atoms with E-state index in [1.807, 2.05) is 0 Å². The maximum absolute atomic E-state index is 13.3. The summed E-state index contributed by atoms with van der Waals surface area (Å²) in [7, 11) is 1.54. The van der Waals surface area contributed by atoms with Gasteiger partial charge in [0.2, 0.25) is 0 Å². The van der Waals surface area contributed by atoms with Gasteiger partial charge in [-0.15, -0.1) is 0 Å². The van der Waals surface area contributed by atoms with Crippen molar-refractivity contribution in [1.82, 2.24) is 10.3 Å². The number of aromatic nitrogens is 1. The van der Waals surface area contributed by atoms with Crippen LogP contribution in [-0.4, -0.2) is 30.1 Å². The second-order valence-corrected chi connectivity index (χ2v) is 7.98. The molecule has 2 aromatic carbocycles. The second-order valence-electron chi connectivity index (χ2n) is 7.98. The highest BCUT2D eigenvalue weighted by atomic mass is 19.4. The van der Waals surface area contributed by atoms with Gasteiger partial charge in [-0.1, -0.05) is 24.3 Å². The van der Waals surface area contributed by atoms with Gasteiger partial charge in [-0.05, 0) is 56.0 Å². The molecule has 0 radical (unpaired) electrons. The minimum atomic E-state index is -4.53. The van der Waals surface area contributed by atoms with E-state index in [-0.39, 0.29) is 18.0 Å². The topological polar surface area (TPSA) is 63.2 Å². The number of rotatable bonds is 5. The first kappa shape index (κ1) is 21.9. The average molecular weight is 443 g/mol. The van der Waals surface area contributed by atoms with Crippen molar-refractivity contribution in [3.05, 3.63) is 65.9 Å². The van der Waals surface area contributed by atoms with Crippen LogP contribution in [0.1, 0.15) is 41.7 Å². The number of amides is 1. The van der Waals surface area contributed by atoms with Gasteiger partial charge in [-0.3, -0.25) is 4.79 Å². The molecule has 0 saturated heterocycles. The predicted octanol–water partition coefficient (Wildman–Crippen LogP) is 5.42. The second kappa shape index (κ2) is 9.06. The first-order valence-corrected chi connectivity index (χ1v) is 10.5. The van der Waals surface area contributed by atoms with Crippen LogP contribution in [0, 0.1) is 0 Å². The number of anilines is 1. The number of alkyl halides is 3. The Hall–Kier alpha value is -3.29. The van der Waals surface area contributed by atoms with E-state index in [1.165, 1.54) is 0 Å². The van der Waals surface area contributed by atoms with Gasteiger partial charge in [-0.25, -0.2) is 4.98 Å². The smallest absolute Gasteiger partial charge is 0.433 e. The number of pyridine rings is 1. The van der Waals surface area contributed by atoms with Gasteiger partial charge in [-0.2, -0.15) is 13.2 Å². The van der Waals surface area contributed by atoms with Gasteiger partial charge in [0.1, 0.15) is 11.4 Å². The number of hydrogen-bond acceptors (Lipinski definition) is 4. The number of nitrogens with zero attached hydrogens (tertiary/aromatic N) is 1. The molecule has 2 N–H and O–H groups in total. The zero-order valence-corrected chi connectivity index (χ0v) is 17.6. The van der Waals surface area contributed by atoms with Crippen molar-refractivity contribution in [3.63, 3.8) is 0 Å². The average Bonchev–Trinajstić information content (AvgIpc) is 2.78. The number of halogens is 3. The highest BCUT2D eigenvalue weighted by molar-refractivity contribution is 5.95. The third-order valence-corrected chi connectivity index (χ3v) is 5.71. The molecule has 0 unspecified atom stereocenters. The largest absolute Gasteiger partial charge is 0.497 e. The van der Waals surface area contributed by atoms with E-state index < -0.39 is 11.9 Å². The quantitative estimate of drug-likeness (QED) is 0.553. The molecule has 5 nitrogen and oxygen atoms in total. The summed E-state index contributed by atoms with van der Waals surface area (Å²) in [5.41, 5.74) is 0.294. The van der Waals surface area contributed by atoms with Crippen LogP contribution in [0.3, 0.4) is 0 Å². The van der Waals surface area contributed by atoms with Crippen molar-refractivity contribution in [1.29, 1.82) is 0 Å². The Balaban J connectivity index is 1.49. The third kappa shape index (κ3) is 4.95. The van der Waals surface area contributed by atoms with Crippen LogP contribution in [0.4, 0.5) is 18.9 Å². The summed E-state index contributed by atoms with van der Waals surface area (Å²) < 4.78 is 45.2. The maximum Gasteiger partial charge on any atom is 0.433 e. The fourth-order valence-electron chi connectivity index (χ4n) is 4.14. The number of nitrogens with one attached hydrogen (secondary N) is 2. The molecule has 2 atom stereocenters. The molecule has 32 heavy (non-hydrogen) atoms. The molecule has 1 amide bonds. The van der Waals surface area contributed by atoms with Gasteiger partial charge < -0.3 is 15.4 Å². The number of ether oxygens (including phenoxy) is 1. The number of carbonyl (C=O) groups is 1. The highest BCUT2D eigenvalue weighted by Crippen LogP contribution is 2.34. The summed E-state index contributed by atoms with van der Waals surface area (Å²) in [6.45, 7) is 0. The first-order chi connectivity index (χ1) is 15.3. The Bertz CT molecular complexity index is 1120. The molecule has 0 bridgehead atoms. The lowest BCUT2D eigenvalue weighted by molar-refractivity contribution is -0.140. The van der Waals surface area contributed by atoms with Gasteiger partial charge in [0, 0.05) is 28.7 Å². The fraction of sp³-hybridized carbons (Fsp3) is 0.333. The molecule has 3 aromatic rings. The SMILES string of the molecule is COc1cccc(C(=O)N[C@@H]2CCC[C@H](Nc3cc(C(F)(F)F)nc4ccccc34)C2)c1. The summed E-state index contributed by atoms with van der Waals surface area (Å²) in [6, 6.07) is 14.6. The normalized spacial score (nSPS) is 18.9. The van der Waals surface area contributed by atoms with Crippen LogP contribution in [-0.2, 0) is 6.18 Å². The lowest BCUT2D eigenvalue weighted by Gasteiger charge is -2.31. The summed E-state index contributed by atoms with van der Waals surface area (Å²) in [6.07, 6.45) is -1.42. The molecule has 4 rings (SSSR count). The molecule has 1 heterocycles. The minimum absolute atomic E-state index is 0.0637. The van der Waals surface area contributed by atoms with Gasteiger partial charge in [0.15, 0.2) is 0 Å². The van der Waals surface area contributed by atoms with Crippen molar-refractivity contribution < 1.29 is 22.7 Å². The Labute approximate surface area is 184 Å². The van der Waals surface area contributed by atoms with Gasteiger partial charge in [0.05, 0.1) is 12.6 Å². The highest BCUT2D eigenvalue weighted by Gasteiger charge is 2.34. The van der Waals surface area contributed by atoms with E-state index in [9.17, 15) is 18.0 Å². The Kier molecular flexibility index (Phi) is 6.21. The number of carbonyl (C=O) groups excluding carboxylic acids is 1.